The number of fused-ring (bicyclic) bond motifs is 2. The van der Waals surface area contributed by atoms with Crippen molar-refractivity contribution in [3.05, 3.63) is 12.7 Å². The molecule has 2 rings (SSSR count). The second-order valence-corrected chi connectivity index (χ2v) is 5.98. The molecule has 2 unspecified atom stereocenters. The van der Waals surface area contributed by atoms with Crippen molar-refractivity contribution in [2.24, 2.45) is 0 Å². The number of amides is 2. The molecule has 0 saturated carbocycles. The van der Waals surface area contributed by atoms with E-state index in [1.54, 1.807) is 11.0 Å². The van der Waals surface area contributed by atoms with E-state index in [2.05, 4.69) is 23.8 Å². The lowest BCUT2D eigenvalue weighted by Gasteiger charge is -2.47. The van der Waals surface area contributed by atoms with Gasteiger partial charge in [0.05, 0.1) is 6.61 Å². The Morgan fingerprint density at radius 2 is 2.10 bits per heavy atom. The number of urea groups is 1. The van der Waals surface area contributed by atoms with E-state index in [1.807, 2.05) is 0 Å². The van der Waals surface area contributed by atoms with E-state index in [0.717, 1.165) is 12.8 Å². The highest BCUT2D eigenvalue weighted by Crippen LogP contribution is 2.32. The fourth-order valence-electron chi connectivity index (χ4n) is 3.55. The van der Waals surface area contributed by atoms with Gasteiger partial charge in [-0.1, -0.05) is 12.5 Å². The Balaban J connectivity index is 1.89. The molecule has 0 aromatic rings. The SMILES string of the molecule is C=CCN(CCO)C(=O)NC1CC2CCCC(C1)N2C. The summed E-state index contributed by atoms with van der Waals surface area (Å²) in [7, 11) is 2.21. The maximum Gasteiger partial charge on any atom is 0.317 e. The Morgan fingerprint density at radius 3 is 2.65 bits per heavy atom. The highest BCUT2D eigenvalue weighted by atomic mass is 16.3. The Morgan fingerprint density at radius 1 is 1.45 bits per heavy atom. The van der Waals surface area contributed by atoms with Crippen LogP contribution in [0.3, 0.4) is 0 Å². The van der Waals surface area contributed by atoms with Gasteiger partial charge in [-0.05, 0) is 32.7 Å². The molecule has 2 atom stereocenters. The van der Waals surface area contributed by atoms with Gasteiger partial charge in [0, 0.05) is 31.2 Å². The van der Waals surface area contributed by atoms with Crippen molar-refractivity contribution in [3.8, 4) is 0 Å². The maximum atomic E-state index is 12.2. The van der Waals surface area contributed by atoms with Gasteiger partial charge in [-0.3, -0.25) is 0 Å². The van der Waals surface area contributed by atoms with Gasteiger partial charge < -0.3 is 20.2 Å². The van der Waals surface area contributed by atoms with Crippen LogP contribution in [0.25, 0.3) is 0 Å². The van der Waals surface area contributed by atoms with E-state index in [-0.39, 0.29) is 18.7 Å². The summed E-state index contributed by atoms with van der Waals surface area (Å²) in [6.45, 7) is 4.48. The predicted molar refractivity (Wildman–Crippen MR) is 79.6 cm³/mol. The third-order valence-corrected chi connectivity index (χ3v) is 4.67. The molecule has 20 heavy (non-hydrogen) atoms. The average molecular weight is 281 g/mol. The Labute approximate surface area is 121 Å². The van der Waals surface area contributed by atoms with Gasteiger partial charge in [0.2, 0.25) is 0 Å². The smallest absolute Gasteiger partial charge is 0.317 e. The van der Waals surface area contributed by atoms with Crippen LogP contribution in [-0.2, 0) is 0 Å². The first-order valence-corrected chi connectivity index (χ1v) is 7.64. The Hall–Kier alpha value is -1.07. The molecule has 2 aliphatic heterocycles. The molecule has 5 nitrogen and oxygen atoms in total. The standard InChI is InChI=1S/C15H27N3O2/c1-3-7-18(8-9-19)15(20)16-12-10-13-5-4-6-14(11-12)17(13)2/h3,12-14,19H,1,4-11H2,2H3,(H,16,20). The van der Waals surface area contributed by atoms with Crippen LogP contribution in [0.1, 0.15) is 32.1 Å². The quantitative estimate of drug-likeness (QED) is 0.744. The number of carbonyl (C=O) groups excluding carboxylic acids is 1. The van der Waals surface area contributed by atoms with Crippen LogP contribution in [0.5, 0.6) is 0 Å². The van der Waals surface area contributed by atoms with Gasteiger partial charge >= 0.3 is 6.03 Å². The maximum absolute atomic E-state index is 12.2. The van der Waals surface area contributed by atoms with Gasteiger partial charge in [0.25, 0.3) is 0 Å². The first-order valence-electron chi connectivity index (χ1n) is 7.64. The van der Waals surface area contributed by atoms with Crippen molar-refractivity contribution in [1.29, 1.82) is 0 Å². The van der Waals surface area contributed by atoms with Crippen LogP contribution < -0.4 is 5.32 Å². The fourth-order valence-corrected chi connectivity index (χ4v) is 3.55. The topological polar surface area (TPSA) is 55.8 Å². The average Bonchev–Trinajstić information content (AvgIpc) is 2.39. The number of aliphatic hydroxyl groups is 1. The van der Waals surface area contributed by atoms with E-state index in [4.69, 9.17) is 5.11 Å². The molecular formula is C15H27N3O2. The van der Waals surface area contributed by atoms with E-state index in [0.29, 0.717) is 25.2 Å². The lowest BCUT2D eigenvalue weighted by molar-refractivity contribution is 0.0493. The summed E-state index contributed by atoms with van der Waals surface area (Å²) < 4.78 is 0. The number of aliphatic hydroxyl groups excluding tert-OH is 1. The minimum Gasteiger partial charge on any atom is -0.395 e. The summed E-state index contributed by atoms with van der Waals surface area (Å²) in [4.78, 5) is 16.3. The van der Waals surface area contributed by atoms with Crippen LogP contribution in [0.4, 0.5) is 4.79 Å². The zero-order chi connectivity index (χ0) is 14.5. The minimum atomic E-state index is -0.0772. The van der Waals surface area contributed by atoms with Gasteiger partial charge in [0.15, 0.2) is 0 Å². The van der Waals surface area contributed by atoms with Crippen LogP contribution in [0.15, 0.2) is 12.7 Å². The summed E-state index contributed by atoms with van der Waals surface area (Å²) in [6.07, 6.45) is 7.57. The molecule has 2 bridgehead atoms. The summed E-state index contributed by atoms with van der Waals surface area (Å²) in [5, 5.41) is 12.2. The molecule has 5 heteroatoms. The van der Waals surface area contributed by atoms with Crippen molar-refractivity contribution >= 4 is 6.03 Å². The number of hydrogen-bond acceptors (Lipinski definition) is 3. The molecule has 2 N–H and O–H groups in total. The number of rotatable bonds is 5. The first kappa shape index (κ1) is 15.3. The largest absolute Gasteiger partial charge is 0.395 e. The second kappa shape index (κ2) is 7.09. The molecule has 2 aliphatic rings. The van der Waals surface area contributed by atoms with Crippen molar-refractivity contribution < 1.29 is 9.90 Å². The van der Waals surface area contributed by atoms with Crippen molar-refractivity contribution in [2.75, 3.05) is 26.7 Å². The molecule has 0 aromatic carbocycles. The van der Waals surface area contributed by atoms with Crippen LogP contribution in [0.2, 0.25) is 0 Å². The Bertz CT molecular complexity index is 334. The minimum absolute atomic E-state index is 0.0140. The normalized spacial score (nSPS) is 29.8. The third kappa shape index (κ3) is 3.52. The molecule has 2 fully saturated rings. The monoisotopic (exact) mass is 281 g/mol. The van der Waals surface area contributed by atoms with Crippen LogP contribution in [-0.4, -0.2) is 65.8 Å². The summed E-state index contributed by atoms with van der Waals surface area (Å²) >= 11 is 0. The van der Waals surface area contributed by atoms with Crippen molar-refractivity contribution in [2.45, 2.75) is 50.2 Å². The third-order valence-electron chi connectivity index (χ3n) is 4.67. The zero-order valence-electron chi connectivity index (χ0n) is 12.4. The summed E-state index contributed by atoms with van der Waals surface area (Å²) in [5.41, 5.74) is 0. The lowest BCUT2D eigenvalue weighted by Crippen LogP contribution is -2.57. The molecule has 0 spiro atoms. The van der Waals surface area contributed by atoms with E-state index in [1.165, 1.54) is 19.3 Å². The summed E-state index contributed by atoms with van der Waals surface area (Å²) in [5.74, 6) is 0. The highest BCUT2D eigenvalue weighted by molar-refractivity contribution is 5.74. The van der Waals surface area contributed by atoms with Gasteiger partial charge in [-0.25, -0.2) is 4.79 Å². The molecule has 2 saturated heterocycles. The van der Waals surface area contributed by atoms with E-state index < -0.39 is 0 Å². The molecule has 114 valence electrons. The number of piperidine rings is 2. The lowest BCUT2D eigenvalue weighted by atomic mass is 9.82. The van der Waals surface area contributed by atoms with E-state index >= 15 is 0 Å². The number of hydrogen-bond donors (Lipinski definition) is 2. The Kier molecular flexibility index (Phi) is 5.43. The van der Waals surface area contributed by atoms with Gasteiger partial charge in [-0.2, -0.15) is 0 Å². The molecule has 0 aromatic heterocycles. The molecule has 0 aliphatic carbocycles. The molecular weight excluding hydrogens is 254 g/mol. The highest BCUT2D eigenvalue weighted by Gasteiger charge is 2.36. The van der Waals surface area contributed by atoms with Gasteiger partial charge in [0.1, 0.15) is 0 Å². The van der Waals surface area contributed by atoms with Crippen LogP contribution in [0, 0.1) is 0 Å². The molecule has 0 radical (unpaired) electrons. The molecule has 2 heterocycles. The van der Waals surface area contributed by atoms with Crippen LogP contribution >= 0.6 is 0 Å². The van der Waals surface area contributed by atoms with Crippen molar-refractivity contribution in [1.82, 2.24) is 15.1 Å². The number of nitrogens with one attached hydrogen (secondary N) is 1. The zero-order valence-corrected chi connectivity index (χ0v) is 12.4. The number of carbonyl (C=O) groups is 1. The van der Waals surface area contributed by atoms with Crippen molar-refractivity contribution in [3.63, 3.8) is 0 Å². The number of nitrogens with zero attached hydrogens (tertiary/aromatic N) is 2. The predicted octanol–water partition coefficient (Wildman–Crippen LogP) is 1.19. The van der Waals surface area contributed by atoms with E-state index in [9.17, 15) is 4.79 Å². The first-order chi connectivity index (χ1) is 9.65. The molecule has 2 amide bonds. The fraction of sp³-hybridized carbons (Fsp3) is 0.800. The van der Waals surface area contributed by atoms with Gasteiger partial charge in [-0.15, -0.1) is 6.58 Å². The second-order valence-electron chi connectivity index (χ2n) is 5.98. The summed E-state index contributed by atoms with van der Waals surface area (Å²) in [6, 6.07) is 1.41.